The number of rotatable bonds is 7. The monoisotopic (exact) mass is 541 g/mol. The minimum absolute atomic E-state index is 0.0328. The summed E-state index contributed by atoms with van der Waals surface area (Å²) in [4.78, 5) is 12.8. The van der Waals surface area contributed by atoms with E-state index < -0.39 is 17.8 Å². The number of alkyl halides is 3. The summed E-state index contributed by atoms with van der Waals surface area (Å²) in [5.74, 6) is -0.0857. The fourth-order valence-corrected chi connectivity index (χ4v) is 4.22. The molecule has 0 bridgehead atoms. The molecular weight excluding hydrogens is 519 g/mol. The zero-order chi connectivity index (χ0) is 27.7. The lowest BCUT2D eigenvalue weighted by atomic mass is 9.95. The van der Waals surface area contributed by atoms with Gasteiger partial charge in [0, 0.05) is 12.1 Å². The Morgan fingerprint density at radius 1 is 1.08 bits per heavy atom. The first-order valence-corrected chi connectivity index (χ1v) is 11.7. The molecule has 1 aliphatic rings. The topological polar surface area (TPSA) is 116 Å². The Labute approximate surface area is 220 Å². The first-order chi connectivity index (χ1) is 18.6. The molecule has 9 nitrogen and oxygen atoms in total. The van der Waals surface area contributed by atoms with E-state index in [4.69, 9.17) is 14.2 Å². The number of ether oxygens (including phenoxy) is 3. The molecular formula is C27H22F3N3O6. The van der Waals surface area contributed by atoms with Crippen molar-refractivity contribution < 1.29 is 42.4 Å². The summed E-state index contributed by atoms with van der Waals surface area (Å²) >= 11 is 0. The number of nitrogens with zero attached hydrogens (tertiary/aromatic N) is 3. The predicted molar refractivity (Wildman–Crippen MR) is 130 cm³/mol. The van der Waals surface area contributed by atoms with E-state index in [1.165, 1.54) is 42.1 Å². The van der Waals surface area contributed by atoms with Crippen LogP contribution in [0.5, 0.6) is 28.7 Å². The molecule has 0 saturated heterocycles. The largest absolute Gasteiger partial charge is 0.507 e. The van der Waals surface area contributed by atoms with Crippen LogP contribution in [0.3, 0.4) is 0 Å². The molecule has 3 aromatic carbocycles. The van der Waals surface area contributed by atoms with Gasteiger partial charge in [0.25, 0.3) is 0 Å². The summed E-state index contributed by atoms with van der Waals surface area (Å²) in [5, 5.41) is 28.5. The van der Waals surface area contributed by atoms with Gasteiger partial charge in [0.05, 0.1) is 31.8 Å². The van der Waals surface area contributed by atoms with E-state index in [2.05, 4.69) is 10.3 Å². The number of methoxy groups -OCH3 is 1. The van der Waals surface area contributed by atoms with Crippen LogP contribution in [0, 0.1) is 0 Å². The highest BCUT2D eigenvalue weighted by molar-refractivity contribution is 6.02. The Bertz CT molecular complexity index is 1520. The van der Waals surface area contributed by atoms with Crippen molar-refractivity contribution in [3.8, 4) is 28.7 Å². The van der Waals surface area contributed by atoms with Crippen molar-refractivity contribution in [3.05, 3.63) is 88.7 Å². The second kappa shape index (κ2) is 10.2. The second-order valence-electron chi connectivity index (χ2n) is 8.87. The van der Waals surface area contributed by atoms with Gasteiger partial charge in [0.15, 0.2) is 17.3 Å². The summed E-state index contributed by atoms with van der Waals surface area (Å²) in [6, 6.07) is 12.2. The van der Waals surface area contributed by atoms with Crippen molar-refractivity contribution in [2.24, 2.45) is 0 Å². The number of benzene rings is 3. The van der Waals surface area contributed by atoms with Crippen molar-refractivity contribution in [3.63, 3.8) is 0 Å². The van der Waals surface area contributed by atoms with Crippen molar-refractivity contribution in [1.29, 1.82) is 0 Å². The third kappa shape index (κ3) is 5.59. The fraction of sp³-hybridized carbons (Fsp3) is 0.222. The maximum Gasteiger partial charge on any atom is 0.416 e. The number of ketones is 1. The van der Waals surface area contributed by atoms with E-state index >= 15 is 0 Å². The molecule has 39 heavy (non-hydrogen) atoms. The Morgan fingerprint density at radius 2 is 1.85 bits per heavy atom. The van der Waals surface area contributed by atoms with Crippen LogP contribution < -0.4 is 14.2 Å². The minimum Gasteiger partial charge on any atom is -0.507 e. The molecule has 1 aliphatic heterocycles. The number of carbonyl (C=O) groups is 1. The second-order valence-corrected chi connectivity index (χ2v) is 8.87. The van der Waals surface area contributed by atoms with Crippen molar-refractivity contribution >= 4 is 5.78 Å². The number of aromatic hydroxyl groups is 2. The van der Waals surface area contributed by atoms with Crippen LogP contribution in [0.4, 0.5) is 13.2 Å². The first kappa shape index (κ1) is 25.9. The summed E-state index contributed by atoms with van der Waals surface area (Å²) < 4.78 is 56.5. The van der Waals surface area contributed by atoms with E-state index in [-0.39, 0.29) is 59.7 Å². The Balaban J connectivity index is 1.26. The van der Waals surface area contributed by atoms with E-state index in [1.807, 2.05) is 0 Å². The number of fused-ring (bicyclic) bond motifs is 1. The molecule has 0 aliphatic carbocycles. The third-order valence-electron chi connectivity index (χ3n) is 6.15. The van der Waals surface area contributed by atoms with Crippen molar-refractivity contribution in [1.82, 2.24) is 15.0 Å². The summed E-state index contributed by atoms with van der Waals surface area (Å²) in [6.07, 6.45) is -3.54. The number of hydrogen-bond acceptors (Lipinski definition) is 8. The van der Waals surface area contributed by atoms with Crippen LogP contribution in [-0.4, -0.2) is 38.1 Å². The lowest BCUT2D eigenvalue weighted by molar-refractivity contribution is -0.137. The number of aromatic nitrogens is 3. The quantitative estimate of drug-likeness (QED) is 0.334. The lowest BCUT2D eigenvalue weighted by Gasteiger charge is -2.26. The molecule has 1 aromatic heterocycles. The Hall–Kier alpha value is -4.74. The smallest absolute Gasteiger partial charge is 0.416 e. The van der Waals surface area contributed by atoms with Crippen LogP contribution in [0.2, 0.25) is 0 Å². The summed E-state index contributed by atoms with van der Waals surface area (Å²) in [6.45, 7) is 0.179. The van der Waals surface area contributed by atoms with Crippen LogP contribution in [0.1, 0.15) is 45.3 Å². The number of Topliss-reactive ketones (excluding diaryl/α,β-unsaturated/α-hetero) is 1. The van der Waals surface area contributed by atoms with E-state index in [0.29, 0.717) is 16.8 Å². The van der Waals surface area contributed by atoms with Crippen LogP contribution in [0.25, 0.3) is 0 Å². The number of phenolic OH excluding ortho intramolecular Hbond substituents is 2. The maximum absolute atomic E-state index is 12.8. The van der Waals surface area contributed by atoms with E-state index in [9.17, 15) is 28.2 Å². The number of carbonyl (C=O) groups excluding carboxylic acids is 1. The predicted octanol–water partition coefficient (Wildman–Crippen LogP) is 5.05. The Morgan fingerprint density at radius 3 is 2.54 bits per heavy atom. The van der Waals surface area contributed by atoms with Crippen molar-refractivity contribution in [2.75, 3.05) is 7.11 Å². The molecule has 0 amide bonds. The average Bonchev–Trinajstić information content (AvgIpc) is 3.34. The standard InChI is InChI=1S/C27H22F3N3O6/c1-37-23-7-4-16(8-20(23)34)24-11-22(36)26-21(35)9-19(10-25(26)39-24)38-14-18-13-33(32-31-18)12-15-2-5-17(6-3-15)27(28,29)30/h2-10,13,24,34-35H,11-12,14H2,1H3/t24-/m0/s1. The van der Waals surface area contributed by atoms with Crippen LogP contribution in [-0.2, 0) is 19.3 Å². The highest BCUT2D eigenvalue weighted by atomic mass is 19.4. The Kier molecular flexibility index (Phi) is 6.77. The van der Waals surface area contributed by atoms with Gasteiger partial charge in [-0.25, -0.2) is 4.68 Å². The van der Waals surface area contributed by atoms with Crippen molar-refractivity contribution in [2.45, 2.75) is 31.9 Å². The van der Waals surface area contributed by atoms with E-state index in [1.54, 1.807) is 18.3 Å². The average molecular weight is 541 g/mol. The molecule has 5 rings (SSSR count). The van der Waals surface area contributed by atoms with Gasteiger partial charge in [0.1, 0.15) is 41.2 Å². The molecule has 4 aromatic rings. The van der Waals surface area contributed by atoms with Gasteiger partial charge in [-0.15, -0.1) is 5.10 Å². The fourth-order valence-electron chi connectivity index (χ4n) is 4.22. The maximum atomic E-state index is 12.8. The molecule has 12 heteroatoms. The molecule has 202 valence electrons. The summed E-state index contributed by atoms with van der Waals surface area (Å²) in [5.41, 5.74) is 0.914. The van der Waals surface area contributed by atoms with Gasteiger partial charge in [-0.1, -0.05) is 23.4 Å². The zero-order valence-electron chi connectivity index (χ0n) is 20.5. The van der Waals surface area contributed by atoms with Gasteiger partial charge < -0.3 is 24.4 Å². The molecule has 0 fully saturated rings. The van der Waals surface area contributed by atoms with Gasteiger partial charge in [-0.05, 0) is 35.4 Å². The van der Waals surface area contributed by atoms with Crippen LogP contribution in [0.15, 0.2) is 60.8 Å². The molecule has 2 heterocycles. The first-order valence-electron chi connectivity index (χ1n) is 11.7. The highest BCUT2D eigenvalue weighted by Gasteiger charge is 2.32. The normalized spacial score (nSPS) is 15.0. The van der Waals surface area contributed by atoms with Gasteiger partial charge >= 0.3 is 6.18 Å². The molecule has 2 N–H and O–H groups in total. The molecule has 0 saturated carbocycles. The van der Waals surface area contributed by atoms with Gasteiger partial charge in [0.2, 0.25) is 0 Å². The zero-order valence-corrected chi connectivity index (χ0v) is 20.5. The molecule has 0 spiro atoms. The molecule has 1 atom stereocenters. The number of halogens is 3. The van der Waals surface area contributed by atoms with E-state index in [0.717, 1.165) is 12.1 Å². The highest BCUT2D eigenvalue weighted by Crippen LogP contribution is 2.43. The number of phenols is 2. The summed E-state index contributed by atoms with van der Waals surface area (Å²) in [7, 11) is 1.43. The lowest BCUT2D eigenvalue weighted by Crippen LogP contribution is -2.20. The van der Waals surface area contributed by atoms with Gasteiger partial charge in [-0.2, -0.15) is 13.2 Å². The minimum atomic E-state index is -4.40. The molecule has 0 radical (unpaired) electrons. The van der Waals surface area contributed by atoms with Crippen LogP contribution >= 0.6 is 0 Å². The molecule has 0 unspecified atom stereocenters. The number of hydrogen-bond donors (Lipinski definition) is 2. The third-order valence-corrected chi connectivity index (χ3v) is 6.15. The van der Waals surface area contributed by atoms with Gasteiger partial charge in [-0.3, -0.25) is 4.79 Å². The SMILES string of the molecule is COc1ccc([C@@H]2CC(=O)c3c(O)cc(OCc4cn(Cc5ccc(C(F)(F)F)cc5)nn4)cc3O2)cc1O.